The second kappa shape index (κ2) is 9.13. The summed E-state index contributed by atoms with van der Waals surface area (Å²) in [7, 11) is -4.25. The van der Waals surface area contributed by atoms with Crippen molar-refractivity contribution < 1.29 is 21.6 Å². The highest BCUT2D eigenvalue weighted by Gasteiger charge is 2.31. The molecule has 1 aromatic heterocycles. The Hall–Kier alpha value is -3.34. The van der Waals surface area contributed by atoms with E-state index in [9.17, 15) is 21.6 Å². The summed E-state index contributed by atoms with van der Waals surface area (Å²) in [5.74, 6) is -0.0313. The molecule has 0 amide bonds. The summed E-state index contributed by atoms with van der Waals surface area (Å²) < 4.78 is 68.4. The van der Waals surface area contributed by atoms with Crippen LogP contribution >= 0.6 is 11.6 Å². The van der Waals surface area contributed by atoms with E-state index >= 15 is 0 Å². The summed E-state index contributed by atoms with van der Waals surface area (Å²) in [5, 5.41) is 4.96. The van der Waals surface area contributed by atoms with E-state index in [2.05, 4.69) is 9.82 Å². The molecule has 34 heavy (non-hydrogen) atoms. The highest BCUT2D eigenvalue weighted by atomic mass is 35.5. The molecule has 0 fully saturated rings. The van der Waals surface area contributed by atoms with Gasteiger partial charge in [0.1, 0.15) is 0 Å². The molecule has 0 atom stereocenters. The van der Waals surface area contributed by atoms with Crippen molar-refractivity contribution in [2.24, 2.45) is 5.73 Å². The van der Waals surface area contributed by atoms with Gasteiger partial charge in [-0.2, -0.15) is 13.2 Å². The van der Waals surface area contributed by atoms with Gasteiger partial charge in [0.2, 0.25) is 0 Å². The van der Waals surface area contributed by atoms with Crippen molar-refractivity contribution >= 4 is 27.4 Å². The summed E-state index contributed by atoms with van der Waals surface area (Å²) in [5.41, 5.74) is 7.37. The molecule has 4 aromatic rings. The Labute approximate surface area is 198 Å². The zero-order chi connectivity index (χ0) is 24.5. The number of alkyl halides is 3. The third-order valence-corrected chi connectivity index (χ3v) is 6.64. The van der Waals surface area contributed by atoms with Gasteiger partial charge in [0.25, 0.3) is 10.0 Å². The van der Waals surface area contributed by atoms with Crippen molar-refractivity contribution in [3.05, 3.63) is 95.0 Å². The van der Waals surface area contributed by atoms with Crippen LogP contribution in [-0.2, 0) is 22.7 Å². The van der Waals surface area contributed by atoms with Crippen LogP contribution in [-0.4, -0.2) is 18.2 Å². The minimum Gasteiger partial charge on any atom is -0.326 e. The Balaban J connectivity index is 1.81. The Morgan fingerprint density at radius 3 is 2.12 bits per heavy atom. The van der Waals surface area contributed by atoms with E-state index in [-0.39, 0.29) is 17.3 Å². The number of nitrogens with zero attached hydrogens (tertiary/aromatic N) is 2. The zero-order valence-electron chi connectivity index (χ0n) is 17.4. The van der Waals surface area contributed by atoms with Crippen molar-refractivity contribution in [2.45, 2.75) is 17.6 Å². The van der Waals surface area contributed by atoms with Crippen LogP contribution in [0.4, 0.5) is 19.0 Å². The lowest BCUT2D eigenvalue weighted by molar-refractivity contribution is -0.137. The number of sulfonamides is 1. The molecule has 4 rings (SSSR count). The van der Waals surface area contributed by atoms with Crippen LogP contribution in [0.15, 0.2) is 83.8 Å². The van der Waals surface area contributed by atoms with Crippen LogP contribution in [0.25, 0.3) is 16.9 Å². The number of aromatic nitrogens is 2. The summed E-state index contributed by atoms with van der Waals surface area (Å²) in [6.07, 6.45) is -4.58. The Morgan fingerprint density at radius 1 is 0.941 bits per heavy atom. The van der Waals surface area contributed by atoms with Crippen LogP contribution in [0.1, 0.15) is 11.1 Å². The molecule has 176 valence electrons. The van der Waals surface area contributed by atoms with Gasteiger partial charge >= 0.3 is 6.18 Å². The Kier molecular flexibility index (Phi) is 6.39. The standard InChI is InChI=1S/C23H18ClF3N4O2S/c24-17-8-10-18(11-9-17)31-21(15-4-2-1-3-5-15)20(14-28)22(29-31)30-34(32,33)19-12-6-16(7-13-19)23(25,26)27/h1-13H,14,28H2,(H,29,30). The van der Waals surface area contributed by atoms with E-state index in [1.807, 2.05) is 30.3 Å². The number of anilines is 1. The minimum atomic E-state index is -4.58. The number of halogens is 4. The fourth-order valence-electron chi connectivity index (χ4n) is 3.40. The number of rotatable bonds is 6. The van der Waals surface area contributed by atoms with Crippen molar-refractivity contribution in [1.29, 1.82) is 0 Å². The fraction of sp³-hybridized carbons (Fsp3) is 0.0870. The first-order valence-electron chi connectivity index (χ1n) is 9.93. The lowest BCUT2D eigenvalue weighted by atomic mass is 10.1. The van der Waals surface area contributed by atoms with Crippen LogP contribution < -0.4 is 10.5 Å². The molecule has 0 saturated heterocycles. The second-order valence-corrected chi connectivity index (χ2v) is 9.38. The average molecular weight is 507 g/mol. The summed E-state index contributed by atoms with van der Waals surface area (Å²) in [4.78, 5) is -0.342. The van der Waals surface area contributed by atoms with Gasteiger partial charge in [-0.05, 0) is 48.5 Å². The molecular formula is C23H18ClF3N4O2S. The van der Waals surface area contributed by atoms with Gasteiger partial charge in [-0.15, -0.1) is 5.10 Å². The average Bonchev–Trinajstić information content (AvgIpc) is 3.17. The van der Waals surface area contributed by atoms with Gasteiger partial charge < -0.3 is 5.73 Å². The predicted molar refractivity (Wildman–Crippen MR) is 124 cm³/mol. The molecule has 0 spiro atoms. The number of nitrogens with two attached hydrogens (primary N) is 1. The van der Waals surface area contributed by atoms with Gasteiger partial charge in [0.05, 0.1) is 21.8 Å². The van der Waals surface area contributed by atoms with E-state index in [4.69, 9.17) is 17.3 Å². The van der Waals surface area contributed by atoms with E-state index in [1.165, 1.54) is 0 Å². The topological polar surface area (TPSA) is 90.0 Å². The first kappa shape index (κ1) is 23.8. The molecule has 0 aliphatic heterocycles. The Bertz CT molecular complexity index is 1400. The maximum absolute atomic E-state index is 13.0. The van der Waals surface area contributed by atoms with Crippen LogP contribution in [0.3, 0.4) is 0 Å². The number of benzene rings is 3. The monoisotopic (exact) mass is 506 g/mol. The third-order valence-electron chi connectivity index (χ3n) is 5.03. The molecule has 11 heteroatoms. The largest absolute Gasteiger partial charge is 0.416 e. The summed E-state index contributed by atoms with van der Waals surface area (Å²) in [6, 6.07) is 19.1. The fourth-order valence-corrected chi connectivity index (χ4v) is 4.55. The molecule has 0 unspecified atom stereocenters. The van der Waals surface area contributed by atoms with Gasteiger partial charge in [-0.3, -0.25) is 4.72 Å². The summed E-state index contributed by atoms with van der Waals surface area (Å²) in [6.45, 7) is -0.0529. The molecule has 0 saturated carbocycles. The molecular weight excluding hydrogens is 489 g/mol. The number of hydrogen-bond acceptors (Lipinski definition) is 4. The predicted octanol–water partition coefficient (Wildman–Crippen LogP) is 5.47. The molecule has 0 radical (unpaired) electrons. The van der Waals surface area contributed by atoms with Crippen LogP contribution in [0.2, 0.25) is 5.02 Å². The summed E-state index contributed by atoms with van der Waals surface area (Å²) >= 11 is 6.00. The normalized spacial score (nSPS) is 12.0. The van der Waals surface area contributed by atoms with E-state index < -0.39 is 21.8 Å². The molecule has 6 nitrogen and oxygen atoms in total. The third kappa shape index (κ3) is 4.79. The van der Waals surface area contributed by atoms with Gasteiger partial charge in [-0.25, -0.2) is 13.1 Å². The van der Waals surface area contributed by atoms with E-state index in [0.717, 1.165) is 17.7 Å². The van der Waals surface area contributed by atoms with E-state index in [0.29, 0.717) is 34.1 Å². The van der Waals surface area contributed by atoms with E-state index in [1.54, 1.807) is 28.9 Å². The smallest absolute Gasteiger partial charge is 0.326 e. The molecule has 0 aliphatic carbocycles. The SMILES string of the molecule is NCc1c(NS(=O)(=O)c2ccc(C(F)(F)F)cc2)nn(-c2ccc(Cl)cc2)c1-c1ccccc1. The lowest BCUT2D eigenvalue weighted by Gasteiger charge is -2.10. The first-order valence-corrected chi connectivity index (χ1v) is 11.8. The molecule has 0 aliphatic rings. The molecule has 1 heterocycles. The second-order valence-electron chi connectivity index (χ2n) is 7.26. The van der Waals surface area contributed by atoms with Crippen molar-refractivity contribution in [3.63, 3.8) is 0 Å². The Morgan fingerprint density at radius 2 is 1.56 bits per heavy atom. The van der Waals surface area contributed by atoms with Gasteiger partial charge in [-0.1, -0.05) is 41.9 Å². The highest BCUT2D eigenvalue weighted by molar-refractivity contribution is 7.92. The number of hydrogen-bond donors (Lipinski definition) is 2. The van der Waals surface area contributed by atoms with Crippen molar-refractivity contribution in [3.8, 4) is 16.9 Å². The maximum Gasteiger partial charge on any atom is 0.416 e. The molecule has 3 aromatic carbocycles. The number of nitrogens with one attached hydrogen (secondary N) is 1. The quantitative estimate of drug-likeness (QED) is 0.363. The maximum atomic E-state index is 13.0. The van der Waals surface area contributed by atoms with Gasteiger partial charge in [0, 0.05) is 22.7 Å². The minimum absolute atomic E-state index is 0.0313. The molecule has 0 bridgehead atoms. The van der Waals surface area contributed by atoms with Gasteiger partial charge in [0.15, 0.2) is 5.82 Å². The van der Waals surface area contributed by atoms with Crippen molar-refractivity contribution in [1.82, 2.24) is 9.78 Å². The highest BCUT2D eigenvalue weighted by Crippen LogP contribution is 2.34. The van der Waals surface area contributed by atoms with Crippen molar-refractivity contribution in [2.75, 3.05) is 4.72 Å². The molecule has 3 N–H and O–H groups in total. The zero-order valence-corrected chi connectivity index (χ0v) is 19.0. The lowest BCUT2D eigenvalue weighted by Crippen LogP contribution is -2.16. The van der Waals surface area contributed by atoms with Crippen LogP contribution in [0.5, 0.6) is 0 Å². The first-order chi connectivity index (χ1) is 16.1. The van der Waals surface area contributed by atoms with Crippen LogP contribution in [0, 0.1) is 0 Å².